The molecule has 2 heterocycles. The van der Waals surface area contributed by atoms with Crippen molar-refractivity contribution in [2.45, 2.75) is 19.0 Å². The molecule has 0 aromatic heterocycles. The van der Waals surface area contributed by atoms with Gasteiger partial charge in [0.2, 0.25) is 0 Å². The van der Waals surface area contributed by atoms with E-state index < -0.39 is 12.1 Å². The molecule has 122 valence electrons. The zero-order valence-corrected chi connectivity index (χ0v) is 12.0. The molecule has 1 spiro atoms. The van der Waals surface area contributed by atoms with Crippen LogP contribution in [0.4, 0.5) is 18.0 Å². The predicted molar refractivity (Wildman–Crippen MR) is 68.9 cm³/mol. The minimum atomic E-state index is -5.08. The van der Waals surface area contributed by atoms with E-state index in [1.807, 2.05) is 19.0 Å². The molecule has 0 bridgehead atoms. The number of carbonyl (C=O) groups excluding carboxylic acids is 1. The molecular weight excluding hydrogens is 291 g/mol. The summed E-state index contributed by atoms with van der Waals surface area (Å²) in [5.41, 5.74) is 0.455. The van der Waals surface area contributed by atoms with Crippen molar-refractivity contribution in [1.82, 2.24) is 15.1 Å². The molecule has 0 unspecified atom stereocenters. The summed E-state index contributed by atoms with van der Waals surface area (Å²) in [6, 6.07) is 0.161. The number of alkyl halides is 3. The summed E-state index contributed by atoms with van der Waals surface area (Å²) in [5, 5.41) is 10.5. The monoisotopic (exact) mass is 311 g/mol. The molecule has 0 aromatic rings. The van der Waals surface area contributed by atoms with Crippen LogP contribution in [0.25, 0.3) is 0 Å². The second kappa shape index (κ2) is 6.50. The summed E-state index contributed by atoms with van der Waals surface area (Å²) < 4.78 is 31.7. The van der Waals surface area contributed by atoms with Crippen molar-refractivity contribution < 1.29 is 27.9 Å². The molecule has 6 nitrogen and oxygen atoms in total. The van der Waals surface area contributed by atoms with Crippen LogP contribution in [0, 0.1) is 5.41 Å². The first-order valence-electron chi connectivity index (χ1n) is 6.54. The number of nitrogens with zero attached hydrogens (tertiary/aromatic N) is 2. The van der Waals surface area contributed by atoms with Crippen LogP contribution in [0.15, 0.2) is 0 Å². The van der Waals surface area contributed by atoms with Crippen LogP contribution in [-0.4, -0.2) is 73.4 Å². The maximum Gasteiger partial charge on any atom is 0.490 e. The van der Waals surface area contributed by atoms with Gasteiger partial charge in [-0.1, -0.05) is 0 Å². The highest BCUT2D eigenvalue weighted by Gasteiger charge is 2.45. The Hall–Kier alpha value is -1.51. The van der Waals surface area contributed by atoms with Crippen molar-refractivity contribution in [3.8, 4) is 0 Å². The van der Waals surface area contributed by atoms with Gasteiger partial charge in [-0.25, -0.2) is 9.59 Å². The Kier molecular flexibility index (Phi) is 5.43. The maximum atomic E-state index is 11.6. The Morgan fingerprint density at radius 2 is 1.62 bits per heavy atom. The highest BCUT2D eigenvalue weighted by atomic mass is 19.4. The zero-order chi connectivity index (χ0) is 16.3. The molecule has 0 radical (unpaired) electrons. The Bertz CT molecular complexity index is 385. The number of rotatable bonds is 0. The molecule has 2 N–H and O–H groups in total. The predicted octanol–water partition coefficient (Wildman–Crippen LogP) is 0.987. The highest BCUT2D eigenvalue weighted by molar-refractivity contribution is 5.75. The fourth-order valence-electron chi connectivity index (χ4n) is 2.45. The zero-order valence-electron chi connectivity index (χ0n) is 12.0. The van der Waals surface area contributed by atoms with Crippen LogP contribution in [0.1, 0.15) is 12.8 Å². The molecule has 0 saturated carbocycles. The topological polar surface area (TPSA) is 72.9 Å². The van der Waals surface area contributed by atoms with E-state index >= 15 is 0 Å². The van der Waals surface area contributed by atoms with Gasteiger partial charge in [0.05, 0.1) is 0 Å². The number of likely N-dealkylation sites (tertiary alicyclic amines) is 1. The number of aliphatic carboxylic acids is 1. The molecule has 21 heavy (non-hydrogen) atoms. The molecule has 2 rings (SSSR count). The number of carbonyl (C=O) groups is 2. The van der Waals surface area contributed by atoms with Crippen LogP contribution in [0.2, 0.25) is 0 Å². The van der Waals surface area contributed by atoms with E-state index in [1.54, 1.807) is 4.90 Å². The fraction of sp³-hybridized carbons (Fsp3) is 0.833. The van der Waals surface area contributed by atoms with E-state index in [2.05, 4.69) is 5.32 Å². The van der Waals surface area contributed by atoms with Crippen LogP contribution < -0.4 is 5.32 Å². The number of piperidine rings is 1. The van der Waals surface area contributed by atoms with Gasteiger partial charge in [-0.2, -0.15) is 13.2 Å². The standard InChI is InChI=1S/C10H19N3O.C2HF3O2/c1-12(2)9(14)13-7-10(8-13)3-5-11-6-4-10;3-2(4,5)1(6)7/h11H,3-8H2,1-2H3;(H,6,7). The van der Waals surface area contributed by atoms with Crippen molar-refractivity contribution in [2.24, 2.45) is 5.41 Å². The first kappa shape index (κ1) is 17.5. The summed E-state index contributed by atoms with van der Waals surface area (Å²) in [6.07, 6.45) is -2.63. The SMILES string of the molecule is CN(C)C(=O)N1CC2(CCNCC2)C1.O=C(O)C(F)(F)F. The average molecular weight is 311 g/mol. The van der Waals surface area contributed by atoms with Gasteiger partial charge >= 0.3 is 18.2 Å². The van der Waals surface area contributed by atoms with Crippen molar-refractivity contribution in [3.05, 3.63) is 0 Å². The van der Waals surface area contributed by atoms with E-state index in [9.17, 15) is 18.0 Å². The van der Waals surface area contributed by atoms with E-state index in [0.717, 1.165) is 26.2 Å². The largest absolute Gasteiger partial charge is 0.490 e. The summed E-state index contributed by atoms with van der Waals surface area (Å²) in [7, 11) is 3.63. The lowest BCUT2D eigenvalue weighted by molar-refractivity contribution is -0.192. The lowest BCUT2D eigenvalue weighted by Crippen LogP contribution is -2.63. The first-order chi connectivity index (χ1) is 9.57. The van der Waals surface area contributed by atoms with Crippen LogP contribution >= 0.6 is 0 Å². The van der Waals surface area contributed by atoms with E-state index in [1.165, 1.54) is 12.8 Å². The summed E-state index contributed by atoms with van der Waals surface area (Å²) in [4.78, 5) is 24.1. The number of hydrogen-bond donors (Lipinski definition) is 2. The minimum Gasteiger partial charge on any atom is -0.475 e. The quantitative estimate of drug-likeness (QED) is 0.700. The second-order valence-electron chi connectivity index (χ2n) is 5.59. The molecule has 2 fully saturated rings. The summed E-state index contributed by atoms with van der Waals surface area (Å²) in [6.45, 7) is 4.16. The number of urea groups is 1. The first-order valence-corrected chi connectivity index (χ1v) is 6.54. The van der Waals surface area contributed by atoms with Crippen LogP contribution in [0.5, 0.6) is 0 Å². The number of hydrogen-bond acceptors (Lipinski definition) is 3. The Morgan fingerprint density at radius 3 is 1.95 bits per heavy atom. The lowest BCUT2D eigenvalue weighted by Gasteiger charge is -2.52. The van der Waals surface area contributed by atoms with Gasteiger partial charge < -0.3 is 20.2 Å². The van der Waals surface area contributed by atoms with Crippen molar-refractivity contribution in [3.63, 3.8) is 0 Å². The van der Waals surface area contributed by atoms with E-state index in [4.69, 9.17) is 9.90 Å². The molecule has 0 aliphatic carbocycles. The third-order valence-corrected chi connectivity index (χ3v) is 3.61. The minimum absolute atomic E-state index is 0.161. The number of amides is 2. The van der Waals surface area contributed by atoms with Gasteiger partial charge in [0.25, 0.3) is 0 Å². The molecule has 0 atom stereocenters. The maximum absolute atomic E-state index is 11.6. The Morgan fingerprint density at radius 1 is 1.19 bits per heavy atom. The molecular formula is C12H20F3N3O3. The number of nitrogens with one attached hydrogen (secondary N) is 1. The average Bonchev–Trinajstić information content (AvgIpc) is 2.35. The van der Waals surface area contributed by atoms with Gasteiger partial charge in [0.1, 0.15) is 0 Å². The van der Waals surface area contributed by atoms with Crippen molar-refractivity contribution >= 4 is 12.0 Å². The summed E-state index contributed by atoms with van der Waals surface area (Å²) in [5.74, 6) is -2.76. The lowest BCUT2D eigenvalue weighted by atomic mass is 9.72. The fourth-order valence-corrected chi connectivity index (χ4v) is 2.45. The number of halogens is 3. The molecule has 0 aromatic carbocycles. The second-order valence-corrected chi connectivity index (χ2v) is 5.59. The van der Waals surface area contributed by atoms with Gasteiger partial charge in [0, 0.05) is 32.6 Å². The van der Waals surface area contributed by atoms with Gasteiger partial charge in [-0.05, 0) is 25.9 Å². The number of carboxylic acids is 1. The molecule has 2 amide bonds. The third kappa shape index (κ3) is 4.76. The van der Waals surface area contributed by atoms with Crippen LogP contribution in [0.3, 0.4) is 0 Å². The normalized spacial score (nSPS) is 20.1. The summed E-state index contributed by atoms with van der Waals surface area (Å²) >= 11 is 0. The van der Waals surface area contributed by atoms with Gasteiger partial charge in [-0.15, -0.1) is 0 Å². The molecule has 9 heteroatoms. The van der Waals surface area contributed by atoms with E-state index in [0.29, 0.717) is 5.41 Å². The van der Waals surface area contributed by atoms with Crippen molar-refractivity contribution in [1.29, 1.82) is 0 Å². The molecule has 2 aliphatic heterocycles. The van der Waals surface area contributed by atoms with Gasteiger partial charge in [-0.3, -0.25) is 0 Å². The van der Waals surface area contributed by atoms with Crippen molar-refractivity contribution in [2.75, 3.05) is 40.3 Å². The third-order valence-electron chi connectivity index (χ3n) is 3.61. The van der Waals surface area contributed by atoms with Crippen LogP contribution in [-0.2, 0) is 4.79 Å². The Balaban J connectivity index is 0.000000270. The van der Waals surface area contributed by atoms with Gasteiger partial charge in [0.15, 0.2) is 0 Å². The smallest absolute Gasteiger partial charge is 0.475 e. The highest BCUT2D eigenvalue weighted by Crippen LogP contribution is 2.38. The van der Waals surface area contributed by atoms with E-state index in [-0.39, 0.29) is 6.03 Å². The molecule has 2 saturated heterocycles. The Labute approximate surface area is 120 Å². The number of carboxylic acid groups (broad SMARTS) is 1. The molecule has 2 aliphatic rings.